The highest BCUT2D eigenvalue weighted by Crippen LogP contribution is 2.18. The van der Waals surface area contributed by atoms with Gasteiger partial charge in [-0.05, 0) is 62.4 Å². The number of nitrogens with zero attached hydrogens (tertiary/aromatic N) is 2. The number of rotatable bonds is 4. The van der Waals surface area contributed by atoms with Crippen molar-refractivity contribution in [2.45, 2.75) is 13.8 Å². The van der Waals surface area contributed by atoms with Gasteiger partial charge in [0.1, 0.15) is 5.82 Å². The molecule has 30 heavy (non-hydrogen) atoms. The molecule has 1 amide bonds. The average Bonchev–Trinajstić information content (AvgIpc) is 2.74. The van der Waals surface area contributed by atoms with Gasteiger partial charge in [0.25, 0.3) is 11.5 Å². The van der Waals surface area contributed by atoms with Crippen LogP contribution < -0.4 is 10.9 Å². The monoisotopic (exact) mass is 397 g/mol. The lowest BCUT2D eigenvalue weighted by Gasteiger charge is -2.12. The lowest BCUT2D eigenvalue weighted by atomic mass is 10.1. The number of fused-ring (bicyclic) bond motifs is 1. The van der Waals surface area contributed by atoms with E-state index < -0.39 is 0 Å². The Morgan fingerprint density at radius 1 is 0.900 bits per heavy atom. The highest BCUT2D eigenvalue weighted by atomic mass is 16.2. The van der Waals surface area contributed by atoms with Crippen LogP contribution in [0.5, 0.6) is 0 Å². The Labute approximate surface area is 172 Å². The first kappa shape index (κ1) is 19.3. The summed E-state index contributed by atoms with van der Waals surface area (Å²) in [7, 11) is 0. The summed E-state index contributed by atoms with van der Waals surface area (Å²) in [5.41, 5.74) is 2.44. The number of aryl methyl sites for hydroxylation is 1. The molecule has 6 heteroatoms. The lowest BCUT2D eigenvalue weighted by Crippen LogP contribution is -2.22. The van der Waals surface area contributed by atoms with E-state index >= 15 is 0 Å². The summed E-state index contributed by atoms with van der Waals surface area (Å²) in [4.78, 5) is 41.8. The van der Waals surface area contributed by atoms with Gasteiger partial charge in [0.2, 0.25) is 0 Å². The van der Waals surface area contributed by atoms with Crippen LogP contribution in [0, 0.1) is 6.92 Å². The highest BCUT2D eigenvalue weighted by molar-refractivity contribution is 6.09. The molecular weight excluding hydrogens is 378 g/mol. The molecule has 0 aliphatic heterocycles. The number of Topliss-reactive ketones (excluding diaryl/α,β-unsaturated/α-hetero) is 1. The quantitative estimate of drug-likeness (QED) is 0.525. The Morgan fingerprint density at radius 2 is 1.57 bits per heavy atom. The van der Waals surface area contributed by atoms with Crippen molar-refractivity contribution in [3.8, 4) is 5.69 Å². The Hall–Kier alpha value is -4.06. The van der Waals surface area contributed by atoms with Gasteiger partial charge in [0.15, 0.2) is 5.78 Å². The van der Waals surface area contributed by atoms with E-state index in [0.717, 1.165) is 0 Å². The zero-order chi connectivity index (χ0) is 21.3. The number of aromatic nitrogens is 2. The van der Waals surface area contributed by atoms with Gasteiger partial charge in [-0.25, -0.2) is 4.98 Å². The average molecular weight is 397 g/mol. The Bertz CT molecular complexity index is 1340. The molecule has 1 heterocycles. The first-order valence-electron chi connectivity index (χ1n) is 9.46. The second-order valence-corrected chi connectivity index (χ2v) is 6.92. The smallest absolute Gasteiger partial charge is 0.265 e. The minimum absolute atomic E-state index is 0.125. The van der Waals surface area contributed by atoms with Gasteiger partial charge in [-0.2, -0.15) is 0 Å². The second kappa shape index (κ2) is 7.75. The van der Waals surface area contributed by atoms with E-state index in [-0.39, 0.29) is 17.2 Å². The summed E-state index contributed by atoms with van der Waals surface area (Å²) < 4.78 is 1.52. The van der Waals surface area contributed by atoms with Gasteiger partial charge >= 0.3 is 0 Å². The van der Waals surface area contributed by atoms with Crippen LogP contribution in [-0.2, 0) is 0 Å². The van der Waals surface area contributed by atoms with Crippen LogP contribution in [-0.4, -0.2) is 21.2 Å². The molecule has 0 saturated carbocycles. The predicted molar refractivity (Wildman–Crippen MR) is 116 cm³/mol. The molecule has 0 radical (unpaired) electrons. The number of amides is 1. The Morgan fingerprint density at radius 3 is 2.30 bits per heavy atom. The maximum Gasteiger partial charge on any atom is 0.265 e. The van der Waals surface area contributed by atoms with E-state index in [1.807, 2.05) is 6.07 Å². The summed E-state index contributed by atoms with van der Waals surface area (Å²) in [6, 6.07) is 20.8. The predicted octanol–water partition coefficient (Wildman–Crippen LogP) is 4.15. The van der Waals surface area contributed by atoms with Crippen molar-refractivity contribution in [3.63, 3.8) is 0 Å². The zero-order valence-corrected chi connectivity index (χ0v) is 16.5. The van der Waals surface area contributed by atoms with Gasteiger partial charge in [0.05, 0.1) is 22.3 Å². The highest BCUT2D eigenvalue weighted by Gasteiger charge is 2.13. The molecule has 0 aliphatic carbocycles. The molecule has 0 saturated heterocycles. The van der Waals surface area contributed by atoms with E-state index in [1.165, 1.54) is 11.5 Å². The fourth-order valence-corrected chi connectivity index (χ4v) is 3.40. The van der Waals surface area contributed by atoms with Crippen LogP contribution in [0.3, 0.4) is 0 Å². The molecule has 0 unspecified atom stereocenters. The van der Waals surface area contributed by atoms with Gasteiger partial charge in [-0.1, -0.05) is 24.3 Å². The number of anilines is 1. The zero-order valence-electron chi connectivity index (χ0n) is 16.5. The van der Waals surface area contributed by atoms with Crippen molar-refractivity contribution < 1.29 is 9.59 Å². The molecule has 0 bridgehead atoms. The minimum atomic E-state index is -0.337. The number of benzene rings is 3. The van der Waals surface area contributed by atoms with E-state index in [0.29, 0.717) is 39.2 Å². The molecule has 1 aromatic heterocycles. The summed E-state index contributed by atoms with van der Waals surface area (Å²) >= 11 is 0. The van der Waals surface area contributed by atoms with Crippen LogP contribution >= 0.6 is 0 Å². The standard InChI is InChI=1S/C24H19N3O3/c1-15(28)19-7-3-5-9-21(19)26-23(29)17-11-13-18(14-12-17)27-16(2)25-22-10-6-4-8-20(22)24(27)30/h3-14H,1-2H3,(H,26,29). The van der Waals surface area contributed by atoms with E-state index in [4.69, 9.17) is 0 Å². The van der Waals surface area contributed by atoms with E-state index in [9.17, 15) is 14.4 Å². The third-order valence-corrected chi connectivity index (χ3v) is 4.89. The molecule has 148 valence electrons. The number of carbonyl (C=O) groups excluding carboxylic acids is 2. The largest absolute Gasteiger partial charge is 0.321 e. The molecule has 3 aromatic carbocycles. The first-order valence-corrected chi connectivity index (χ1v) is 9.46. The van der Waals surface area contributed by atoms with Crippen LogP contribution in [0.15, 0.2) is 77.6 Å². The van der Waals surface area contributed by atoms with E-state index in [2.05, 4.69) is 10.3 Å². The lowest BCUT2D eigenvalue weighted by molar-refractivity contribution is 0.101. The number of hydrogen-bond donors (Lipinski definition) is 1. The molecule has 4 rings (SSSR count). The van der Waals surface area contributed by atoms with Crippen molar-refractivity contribution in [2.75, 3.05) is 5.32 Å². The molecule has 0 atom stereocenters. The number of hydrogen-bond acceptors (Lipinski definition) is 4. The number of para-hydroxylation sites is 2. The van der Waals surface area contributed by atoms with Crippen molar-refractivity contribution in [1.82, 2.24) is 9.55 Å². The second-order valence-electron chi connectivity index (χ2n) is 6.92. The summed E-state index contributed by atoms with van der Waals surface area (Å²) in [6.07, 6.45) is 0. The summed E-state index contributed by atoms with van der Waals surface area (Å²) in [5.74, 6) is 0.0992. The molecule has 0 fully saturated rings. The maximum absolute atomic E-state index is 12.9. The third kappa shape index (κ3) is 3.51. The Balaban J connectivity index is 1.66. The number of carbonyl (C=O) groups is 2. The topological polar surface area (TPSA) is 81.1 Å². The van der Waals surface area contributed by atoms with Crippen LogP contribution in [0.1, 0.15) is 33.5 Å². The van der Waals surface area contributed by atoms with E-state index in [1.54, 1.807) is 73.7 Å². The summed E-state index contributed by atoms with van der Waals surface area (Å²) in [5, 5.41) is 3.31. The van der Waals surface area contributed by atoms with Crippen LogP contribution in [0.2, 0.25) is 0 Å². The van der Waals surface area contributed by atoms with Crippen molar-refractivity contribution in [3.05, 3.63) is 100 Å². The molecular formula is C24H19N3O3. The third-order valence-electron chi connectivity index (χ3n) is 4.89. The molecule has 4 aromatic rings. The molecule has 0 aliphatic rings. The van der Waals surface area contributed by atoms with Gasteiger partial charge < -0.3 is 5.32 Å². The fourth-order valence-electron chi connectivity index (χ4n) is 3.40. The first-order chi connectivity index (χ1) is 14.5. The number of nitrogens with one attached hydrogen (secondary N) is 1. The van der Waals surface area contributed by atoms with Crippen molar-refractivity contribution in [2.24, 2.45) is 0 Å². The summed E-state index contributed by atoms with van der Waals surface area (Å²) in [6.45, 7) is 3.23. The Kier molecular flexibility index (Phi) is 4.98. The number of ketones is 1. The van der Waals surface area contributed by atoms with Crippen molar-refractivity contribution >= 4 is 28.3 Å². The molecule has 0 spiro atoms. The molecule has 1 N–H and O–H groups in total. The van der Waals surface area contributed by atoms with Crippen LogP contribution in [0.4, 0.5) is 5.69 Å². The minimum Gasteiger partial charge on any atom is -0.321 e. The van der Waals surface area contributed by atoms with Gasteiger partial charge in [0, 0.05) is 11.1 Å². The fraction of sp³-hybridized carbons (Fsp3) is 0.0833. The normalized spacial score (nSPS) is 10.7. The van der Waals surface area contributed by atoms with Crippen molar-refractivity contribution in [1.29, 1.82) is 0 Å². The molecule has 6 nitrogen and oxygen atoms in total. The maximum atomic E-state index is 12.9. The van der Waals surface area contributed by atoms with Gasteiger partial charge in [-0.15, -0.1) is 0 Å². The van der Waals surface area contributed by atoms with Gasteiger partial charge in [-0.3, -0.25) is 19.0 Å². The van der Waals surface area contributed by atoms with Crippen LogP contribution in [0.25, 0.3) is 16.6 Å². The SMILES string of the molecule is CC(=O)c1ccccc1NC(=O)c1ccc(-n2c(C)nc3ccccc3c2=O)cc1.